The Morgan fingerprint density at radius 2 is 1.90 bits per heavy atom. The summed E-state index contributed by atoms with van der Waals surface area (Å²) in [7, 11) is 1.52. The third-order valence-electron chi connectivity index (χ3n) is 6.05. The molecule has 1 saturated heterocycles. The molecule has 0 spiro atoms. The molecule has 6 nitrogen and oxygen atoms in total. The van der Waals surface area contributed by atoms with Crippen LogP contribution in [0.15, 0.2) is 41.2 Å². The number of benzene rings is 1. The summed E-state index contributed by atoms with van der Waals surface area (Å²) >= 11 is 0. The molecule has 29 heavy (non-hydrogen) atoms. The lowest BCUT2D eigenvalue weighted by molar-refractivity contribution is 0.0903. The van der Waals surface area contributed by atoms with Gasteiger partial charge in [-0.2, -0.15) is 0 Å². The summed E-state index contributed by atoms with van der Waals surface area (Å²) in [6, 6.07) is 12.1. The molecule has 2 aliphatic heterocycles. The Morgan fingerprint density at radius 1 is 1.14 bits per heavy atom. The maximum Gasteiger partial charge on any atom is 0.257 e. The number of rotatable bonds is 5. The van der Waals surface area contributed by atoms with Crippen molar-refractivity contribution in [2.45, 2.75) is 51.2 Å². The van der Waals surface area contributed by atoms with Gasteiger partial charge in [0.25, 0.3) is 11.5 Å². The van der Waals surface area contributed by atoms with E-state index in [1.807, 2.05) is 6.07 Å². The second-order valence-electron chi connectivity index (χ2n) is 7.99. The molecule has 0 unspecified atom stereocenters. The number of hydrogen-bond acceptors (Lipinski definition) is 4. The molecule has 1 N–H and O–H groups in total. The lowest BCUT2D eigenvalue weighted by Crippen LogP contribution is -2.45. The Kier molecular flexibility index (Phi) is 6.00. The van der Waals surface area contributed by atoms with Crippen LogP contribution in [0.4, 0.5) is 0 Å². The van der Waals surface area contributed by atoms with Crippen LogP contribution in [0.1, 0.15) is 47.3 Å². The highest BCUT2D eigenvalue weighted by Gasteiger charge is 2.27. The number of carbonyl (C=O) groups is 1. The summed E-state index contributed by atoms with van der Waals surface area (Å²) in [5, 5.41) is 3.20. The largest absolute Gasteiger partial charge is 0.496 e. The van der Waals surface area contributed by atoms with Crippen LogP contribution in [0.5, 0.6) is 5.75 Å². The Hall–Kier alpha value is -2.60. The van der Waals surface area contributed by atoms with Gasteiger partial charge < -0.3 is 14.6 Å². The van der Waals surface area contributed by atoms with Crippen LogP contribution in [0.2, 0.25) is 0 Å². The molecule has 0 saturated carbocycles. The van der Waals surface area contributed by atoms with Gasteiger partial charge in [0.15, 0.2) is 0 Å². The van der Waals surface area contributed by atoms with Crippen molar-refractivity contribution in [2.24, 2.45) is 0 Å². The van der Waals surface area contributed by atoms with Gasteiger partial charge in [0.05, 0.1) is 7.11 Å². The number of hydrogen-bond donors (Lipinski definition) is 1. The predicted molar refractivity (Wildman–Crippen MR) is 112 cm³/mol. The van der Waals surface area contributed by atoms with Crippen molar-refractivity contribution in [2.75, 3.05) is 20.2 Å². The fraction of sp³-hybridized carbons (Fsp3) is 0.478. The third-order valence-corrected chi connectivity index (χ3v) is 6.05. The number of pyridine rings is 1. The average Bonchev–Trinajstić information content (AvgIpc) is 2.75. The first-order chi connectivity index (χ1) is 14.2. The molecule has 1 fully saturated rings. The van der Waals surface area contributed by atoms with E-state index >= 15 is 0 Å². The highest BCUT2D eigenvalue weighted by molar-refractivity contribution is 5.98. The standard InChI is InChI=1S/C23H29N3O3/c1-29-20-15-21(27)26-12-6-5-9-19(26)22(20)23(28)24-18-10-13-25(14-11-18)16-17-7-3-2-4-8-17/h2-4,7-8,15,18H,5-6,9-14,16H2,1H3,(H,24,28). The molecule has 1 aromatic carbocycles. The smallest absolute Gasteiger partial charge is 0.257 e. The summed E-state index contributed by atoms with van der Waals surface area (Å²) in [5.41, 5.74) is 2.60. The maximum atomic E-state index is 13.1. The number of piperidine rings is 1. The van der Waals surface area contributed by atoms with Gasteiger partial charge in [0.1, 0.15) is 11.3 Å². The molecule has 6 heteroatoms. The molecule has 1 amide bonds. The van der Waals surface area contributed by atoms with Gasteiger partial charge >= 0.3 is 0 Å². The zero-order valence-corrected chi connectivity index (χ0v) is 17.0. The van der Waals surface area contributed by atoms with Gasteiger partial charge in [0.2, 0.25) is 0 Å². The number of nitrogens with zero attached hydrogens (tertiary/aromatic N) is 2. The van der Waals surface area contributed by atoms with Crippen molar-refractivity contribution in [1.29, 1.82) is 0 Å². The number of ether oxygens (including phenoxy) is 1. The topological polar surface area (TPSA) is 63.6 Å². The number of methoxy groups -OCH3 is 1. The van der Waals surface area contributed by atoms with Crippen LogP contribution >= 0.6 is 0 Å². The van der Waals surface area contributed by atoms with Gasteiger partial charge in [0, 0.05) is 44.0 Å². The van der Waals surface area contributed by atoms with Crippen LogP contribution in [-0.4, -0.2) is 41.6 Å². The molecule has 0 aliphatic carbocycles. The molecular weight excluding hydrogens is 366 g/mol. The highest BCUT2D eigenvalue weighted by Crippen LogP contribution is 2.25. The van der Waals surface area contributed by atoms with Crippen LogP contribution < -0.4 is 15.6 Å². The van der Waals surface area contributed by atoms with E-state index in [9.17, 15) is 9.59 Å². The lowest BCUT2D eigenvalue weighted by atomic mass is 10.00. The quantitative estimate of drug-likeness (QED) is 0.845. The van der Waals surface area contributed by atoms with E-state index < -0.39 is 0 Å². The molecule has 0 atom stereocenters. The third kappa shape index (κ3) is 4.37. The molecule has 2 aliphatic rings. The first-order valence-electron chi connectivity index (χ1n) is 10.5. The normalized spacial score (nSPS) is 17.6. The summed E-state index contributed by atoms with van der Waals surface area (Å²) in [6.07, 6.45) is 4.56. The second-order valence-corrected chi connectivity index (χ2v) is 7.99. The SMILES string of the molecule is COc1cc(=O)n2c(c1C(=O)NC1CCN(Cc3ccccc3)CC1)CCCC2. The van der Waals surface area contributed by atoms with Crippen LogP contribution in [-0.2, 0) is 19.5 Å². The molecule has 0 bridgehead atoms. The van der Waals surface area contributed by atoms with E-state index in [4.69, 9.17) is 4.74 Å². The molecule has 3 heterocycles. The number of nitrogens with one attached hydrogen (secondary N) is 1. The van der Waals surface area contributed by atoms with Crippen LogP contribution in [0.25, 0.3) is 0 Å². The molecule has 2 aromatic rings. The highest BCUT2D eigenvalue weighted by atomic mass is 16.5. The monoisotopic (exact) mass is 395 g/mol. The first-order valence-corrected chi connectivity index (χ1v) is 10.5. The minimum atomic E-state index is -0.117. The van der Waals surface area contributed by atoms with E-state index in [1.165, 1.54) is 18.7 Å². The van der Waals surface area contributed by atoms with Crippen molar-refractivity contribution in [3.63, 3.8) is 0 Å². The van der Waals surface area contributed by atoms with Crippen LogP contribution in [0, 0.1) is 0 Å². The van der Waals surface area contributed by atoms with Crippen molar-refractivity contribution >= 4 is 5.91 Å². The van der Waals surface area contributed by atoms with Gasteiger partial charge in [-0.15, -0.1) is 0 Å². The van der Waals surface area contributed by atoms with E-state index in [-0.39, 0.29) is 17.5 Å². The fourth-order valence-electron chi connectivity index (χ4n) is 4.48. The molecule has 4 rings (SSSR count). The minimum Gasteiger partial charge on any atom is -0.496 e. The van der Waals surface area contributed by atoms with E-state index in [1.54, 1.807) is 4.57 Å². The van der Waals surface area contributed by atoms with E-state index in [0.717, 1.165) is 57.4 Å². The zero-order chi connectivity index (χ0) is 20.2. The summed E-state index contributed by atoms with van der Waals surface area (Å²) in [4.78, 5) is 27.9. The van der Waals surface area contributed by atoms with Gasteiger partial charge in [-0.05, 0) is 37.7 Å². The van der Waals surface area contributed by atoms with E-state index in [0.29, 0.717) is 17.9 Å². The number of carbonyl (C=O) groups excluding carboxylic acids is 1. The van der Waals surface area contributed by atoms with Crippen molar-refractivity contribution < 1.29 is 9.53 Å². The zero-order valence-electron chi connectivity index (χ0n) is 17.0. The van der Waals surface area contributed by atoms with Crippen LogP contribution in [0.3, 0.4) is 0 Å². The summed E-state index contributed by atoms with van der Waals surface area (Å²) in [5.74, 6) is 0.274. The average molecular weight is 396 g/mol. The molecule has 154 valence electrons. The Bertz CT molecular complexity index is 915. The molecule has 1 aromatic heterocycles. The van der Waals surface area contributed by atoms with Gasteiger partial charge in [-0.25, -0.2) is 0 Å². The lowest BCUT2D eigenvalue weighted by Gasteiger charge is -2.32. The van der Waals surface area contributed by atoms with E-state index in [2.05, 4.69) is 34.5 Å². The van der Waals surface area contributed by atoms with Crippen molar-refractivity contribution in [1.82, 2.24) is 14.8 Å². The maximum absolute atomic E-state index is 13.1. The number of likely N-dealkylation sites (tertiary alicyclic amines) is 1. The van der Waals surface area contributed by atoms with Gasteiger partial charge in [-0.1, -0.05) is 30.3 Å². The Morgan fingerprint density at radius 3 is 2.62 bits per heavy atom. The van der Waals surface area contributed by atoms with Gasteiger partial charge in [-0.3, -0.25) is 14.5 Å². The second kappa shape index (κ2) is 8.82. The molecular formula is C23H29N3O3. The fourth-order valence-corrected chi connectivity index (χ4v) is 4.48. The van der Waals surface area contributed by atoms with Crippen molar-refractivity contribution in [3.8, 4) is 5.75 Å². The molecule has 0 radical (unpaired) electrons. The Labute approximate surface area is 171 Å². The summed E-state index contributed by atoms with van der Waals surface area (Å²) in [6.45, 7) is 3.55. The number of fused-ring (bicyclic) bond motifs is 1. The minimum absolute atomic E-state index is 0.0812. The Balaban J connectivity index is 1.42. The number of amides is 1. The summed E-state index contributed by atoms with van der Waals surface area (Å²) < 4.78 is 7.14. The number of aromatic nitrogens is 1. The first kappa shape index (κ1) is 19.7. The predicted octanol–water partition coefficient (Wildman–Crippen LogP) is 2.59. The van der Waals surface area contributed by atoms with Crippen molar-refractivity contribution in [3.05, 3.63) is 63.6 Å².